The monoisotopic (exact) mass is 319 g/mol. The highest BCUT2D eigenvalue weighted by Gasteiger charge is 2.27. The van der Waals surface area contributed by atoms with E-state index in [9.17, 15) is 9.59 Å². The standard InChI is InChI=1S/C13H21N3O2S.ClH/c1-8-9(2)19-13(18)16(8)7-12(17)15-11-5-3-4-10(11)6-14;/h10-11H,3-7,14H2,1-2H3,(H,15,17);1H. The molecule has 0 radical (unpaired) electrons. The van der Waals surface area contributed by atoms with Crippen molar-refractivity contribution in [1.82, 2.24) is 9.88 Å². The third kappa shape index (κ3) is 3.62. The molecule has 0 aromatic carbocycles. The van der Waals surface area contributed by atoms with Crippen LogP contribution in [0.25, 0.3) is 0 Å². The van der Waals surface area contributed by atoms with Gasteiger partial charge >= 0.3 is 4.87 Å². The fraction of sp³-hybridized carbons (Fsp3) is 0.692. The van der Waals surface area contributed by atoms with E-state index in [0.717, 1.165) is 29.8 Å². The van der Waals surface area contributed by atoms with Crippen LogP contribution >= 0.6 is 23.7 Å². The van der Waals surface area contributed by atoms with E-state index in [1.54, 1.807) is 4.57 Å². The second-order valence-corrected chi connectivity index (χ2v) is 6.36. The van der Waals surface area contributed by atoms with Gasteiger partial charge in [-0.2, -0.15) is 0 Å². The number of carbonyl (C=O) groups excluding carboxylic acids is 1. The van der Waals surface area contributed by atoms with Crippen molar-refractivity contribution in [2.75, 3.05) is 6.54 Å². The smallest absolute Gasteiger partial charge is 0.308 e. The topological polar surface area (TPSA) is 77.1 Å². The number of halogens is 1. The minimum Gasteiger partial charge on any atom is -0.351 e. The number of nitrogens with one attached hydrogen (secondary N) is 1. The highest BCUT2D eigenvalue weighted by molar-refractivity contribution is 7.09. The number of hydrogen-bond acceptors (Lipinski definition) is 4. The molecule has 0 saturated heterocycles. The summed E-state index contributed by atoms with van der Waals surface area (Å²) in [5.74, 6) is 0.291. The number of hydrogen-bond donors (Lipinski definition) is 2. The maximum absolute atomic E-state index is 12.0. The molecular weight excluding hydrogens is 298 g/mol. The molecule has 0 spiro atoms. The number of carbonyl (C=O) groups is 1. The van der Waals surface area contributed by atoms with Crippen molar-refractivity contribution in [1.29, 1.82) is 0 Å². The van der Waals surface area contributed by atoms with Gasteiger partial charge in [-0.05, 0) is 39.2 Å². The number of nitrogens with zero attached hydrogens (tertiary/aromatic N) is 1. The van der Waals surface area contributed by atoms with E-state index in [-0.39, 0.29) is 35.8 Å². The summed E-state index contributed by atoms with van der Waals surface area (Å²) < 4.78 is 1.54. The van der Waals surface area contributed by atoms with Crippen molar-refractivity contribution in [3.63, 3.8) is 0 Å². The Kier molecular flexibility index (Phi) is 6.23. The van der Waals surface area contributed by atoms with Gasteiger partial charge in [-0.3, -0.25) is 14.2 Å². The summed E-state index contributed by atoms with van der Waals surface area (Å²) in [6, 6.07) is 0.174. The van der Waals surface area contributed by atoms with E-state index < -0.39 is 0 Å². The van der Waals surface area contributed by atoms with Gasteiger partial charge in [0.15, 0.2) is 0 Å². The molecule has 114 valence electrons. The fourth-order valence-electron chi connectivity index (χ4n) is 2.68. The molecule has 1 aromatic heterocycles. The lowest BCUT2D eigenvalue weighted by Crippen LogP contribution is -2.42. The lowest BCUT2D eigenvalue weighted by molar-refractivity contribution is -0.122. The Morgan fingerprint density at radius 2 is 2.15 bits per heavy atom. The number of amides is 1. The molecule has 2 rings (SSSR count). The lowest BCUT2D eigenvalue weighted by Gasteiger charge is -2.19. The molecule has 1 fully saturated rings. The summed E-state index contributed by atoms with van der Waals surface area (Å²) >= 11 is 1.19. The summed E-state index contributed by atoms with van der Waals surface area (Å²) in [6.45, 7) is 4.50. The summed E-state index contributed by atoms with van der Waals surface area (Å²) in [5, 5.41) is 3.02. The summed E-state index contributed by atoms with van der Waals surface area (Å²) in [4.78, 5) is 24.7. The Hall–Kier alpha value is -0.850. The zero-order valence-corrected chi connectivity index (χ0v) is 13.5. The average molecular weight is 320 g/mol. The average Bonchev–Trinajstić information content (AvgIpc) is 2.89. The molecule has 2 unspecified atom stereocenters. The van der Waals surface area contributed by atoms with Gasteiger partial charge in [0.05, 0.1) is 0 Å². The predicted octanol–water partition coefficient (Wildman–Crippen LogP) is 1.19. The number of nitrogens with two attached hydrogens (primary N) is 1. The van der Waals surface area contributed by atoms with Crippen LogP contribution in [0.1, 0.15) is 29.8 Å². The van der Waals surface area contributed by atoms with Crippen LogP contribution in [0.5, 0.6) is 0 Å². The zero-order valence-electron chi connectivity index (χ0n) is 11.8. The Morgan fingerprint density at radius 3 is 2.70 bits per heavy atom. The van der Waals surface area contributed by atoms with E-state index in [1.807, 2.05) is 13.8 Å². The van der Waals surface area contributed by atoms with Gasteiger partial charge in [0.1, 0.15) is 6.54 Å². The number of thiazole rings is 1. The Balaban J connectivity index is 0.00000200. The Bertz CT molecular complexity index is 526. The molecule has 1 aromatic rings. The highest BCUT2D eigenvalue weighted by atomic mass is 35.5. The first-order chi connectivity index (χ1) is 9.02. The van der Waals surface area contributed by atoms with Crippen molar-refractivity contribution in [2.45, 2.75) is 45.7 Å². The third-order valence-corrected chi connectivity index (χ3v) is 4.98. The molecule has 0 bridgehead atoms. The molecule has 5 nitrogen and oxygen atoms in total. The maximum atomic E-state index is 12.0. The first-order valence-corrected chi connectivity index (χ1v) is 7.50. The number of aromatic nitrogens is 1. The van der Waals surface area contributed by atoms with Gasteiger partial charge < -0.3 is 11.1 Å². The molecule has 1 amide bonds. The molecular formula is C13H22ClN3O2S. The van der Waals surface area contributed by atoms with Gasteiger partial charge in [0.25, 0.3) is 0 Å². The minimum atomic E-state index is -0.0895. The van der Waals surface area contributed by atoms with Gasteiger partial charge in [0, 0.05) is 16.6 Å². The van der Waals surface area contributed by atoms with Crippen molar-refractivity contribution in [3.05, 3.63) is 20.2 Å². The van der Waals surface area contributed by atoms with Crippen LogP contribution in [0.4, 0.5) is 0 Å². The van der Waals surface area contributed by atoms with Crippen molar-refractivity contribution < 1.29 is 4.79 Å². The Labute approximate surface area is 129 Å². The van der Waals surface area contributed by atoms with Crippen LogP contribution in [0.15, 0.2) is 4.79 Å². The third-order valence-electron chi connectivity index (χ3n) is 3.99. The summed E-state index contributed by atoms with van der Waals surface area (Å²) in [5.41, 5.74) is 6.58. The van der Waals surface area contributed by atoms with Gasteiger partial charge in [-0.15, -0.1) is 12.4 Å². The SMILES string of the molecule is Cc1sc(=O)n(CC(=O)NC2CCCC2CN)c1C.Cl. The number of rotatable bonds is 4. The van der Waals surface area contributed by atoms with E-state index >= 15 is 0 Å². The van der Waals surface area contributed by atoms with Crippen molar-refractivity contribution >= 4 is 29.7 Å². The van der Waals surface area contributed by atoms with Crippen LogP contribution in [0.2, 0.25) is 0 Å². The molecule has 1 aliphatic carbocycles. The van der Waals surface area contributed by atoms with E-state index in [1.165, 1.54) is 11.3 Å². The Morgan fingerprint density at radius 1 is 1.45 bits per heavy atom. The van der Waals surface area contributed by atoms with Gasteiger partial charge in [0.2, 0.25) is 5.91 Å². The van der Waals surface area contributed by atoms with Gasteiger partial charge in [-0.1, -0.05) is 17.8 Å². The second kappa shape index (κ2) is 7.24. The van der Waals surface area contributed by atoms with Crippen LogP contribution in [0, 0.1) is 19.8 Å². The van der Waals surface area contributed by atoms with Crippen LogP contribution in [0.3, 0.4) is 0 Å². The maximum Gasteiger partial charge on any atom is 0.308 e. The zero-order chi connectivity index (χ0) is 14.0. The molecule has 3 N–H and O–H groups in total. The minimum absolute atomic E-state index is 0. The summed E-state index contributed by atoms with van der Waals surface area (Å²) in [6.07, 6.45) is 3.19. The molecule has 1 aliphatic rings. The second-order valence-electron chi connectivity index (χ2n) is 5.20. The molecule has 1 saturated carbocycles. The highest BCUT2D eigenvalue weighted by Crippen LogP contribution is 2.24. The largest absolute Gasteiger partial charge is 0.351 e. The normalized spacial score (nSPS) is 21.6. The molecule has 20 heavy (non-hydrogen) atoms. The first-order valence-electron chi connectivity index (χ1n) is 6.69. The van der Waals surface area contributed by atoms with Crippen LogP contribution < -0.4 is 15.9 Å². The quantitative estimate of drug-likeness (QED) is 0.875. The van der Waals surface area contributed by atoms with Gasteiger partial charge in [-0.25, -0.2) is 0 Å². The number of aryl methyl sites for hydroxylation is 1. The van der Waals surface area contributed by atoms with Crippen LogP contribution in [-0.4, -0.2) is 23.1 Å². The molecule has 2 atom stereocenters. The molecule has 7 heteroatoms. The molecule has 1 heterocycles. The van der Waals surface area contributed by atoms with Crippen LogP contribution in [-0.2, 0) is 11.3 Å². The van der Waals surface area contributed by atoms with Crippen molar-refractivity contribution in [3.8, 4) is 0 Å². The summed E-state index contributed by atoms with van der Waals surface area (Å²) in [7, 11) is 0. The van der Waals surface area contributed by atoms with E-state index in [4.69, 9.17) is 5.73 Å². The first kappa shape index (κ1) is 17.2. The fourth-order valence-corrected chi connectivity index (χ4v) is 3.51. The predicted molar refractivity (Wildman–Crippen MR) is 83.6 cm³/mol. The van der Waals surface area contributed by atoms with E-state index in [0.29, 0.717) is 12.5 Å². The van der Waals surface area contributed by atoms with Crippen molar-refractivity contribution in [2.24, 2.45) is 11.7 Å². The lowest BCUT2D eigenvalue weighted by atomic mass is 10.0. The van der Waals surface area contributed by atoms with E-state index in [2.05, 4.69) is 5.32 Å². The molecule has 0 aliphatic heterocycles.